The Kier molecular flexibility index (Phi) is 4.81. The van der Waals surface area contributed by atoms with Gasteiger partial charge in [-0.2, -0.15) is 0 Å². The molecule has 0 bridgehead atoms. The Balaban J connectivity index is 2.99. The van der Waals surface area contributed by atoms with E-state index in [2.05, 4.69) is 20.8 Å². The van der Waals surface area contributed by atoms with Gasteiger partial charge in [0.25, 0.3) is 0 Å². The second-order valence-electron chi connectivity index (χ2n) is 4.28. The molecule has 1 N–H and O–H groups in total. The van der Waals surface area contributed by atoms with Crippen molar-refractivity contribution in [1.29, 1.82) is 0 Å². The van der Waals surface area contributed by atoms with Crippen LogP contribution in [0.5, 0.6) is 0 Å². The molecule has 0 radical (unpaired) electrons. The molecule has 0 heterocycles. The van der Waals surface area contributed by atoms with E-state index in [1.165, 1.54) is 0 Å². The van der Waals surface area contributed by atoms with Crippen LogP contribution in [-0.4, -0.2) is 13.2 Å². The minimum atomic E-state index is -1.59. The summed E-state index contributed by atoms with van der Waals surface area (Å²) in [5.74, 6) is 0. The molecular weight excluding hydrogens is 212 g/mol. The van der Waals surface area contributed by atoms with Crippen molar-refractivity contribution in [2.24, 2.45) is 0 Å². The first-order valence-corrected chi connectivity index (χ1v) is 8.76. The van der Waals surface area contributed by atoms with Gasteiger partial charge in [0.2, 0.25) is 0 Å². The lowest BCUT2D eigenvalue weighted by Gasteiger charge is -2.26. The van der Waals surface area contributed by atoms with Gasteiger partial charge in [-0.1, -0.05) is 69.2 Å². The van der Waals surface area contributed by atoms with Crippen LogP contribution in [0.4, 0.5) is 0 Å². The largest absolute Gasteiger partial charge is 0.517 e. The van der Waals surface area contributed by atoms with Crippen molar-refractivity contribution >= 4 is 14.1 Å². The first-order valence-electron chi connectivity index (χ1n) is 6.14. The predicted octanol–water partition coefficient (Wildman–Crippen LogP) is 4.63. The zero-order chi connectivity index (χ0) is 12.0. The fourth-order valence-electron chi connectivity index (χ4n) is 2.15. The third kappa shape index (κ3) is 2.76. The minimum Gasteiger partial charge on any atom is -0.517 e. The molecular formula is C14H22OSi. The molecule has 1 aromatic carbocycles. The number of aliphatic hydroxyl groups excluding tert-OH is 1. The van der Waals surface area contributed by atoms with Crippen LogP contribution < -0.4 is 0 Å². The average molecular weight is 234 g/mol. The van der Waals surface area contributed by atoms with Gasteiger partial charge in [-0.15, -0.1) is 0 Å². The first kappa shape index (κ1) is 13.0. The van der Waals surface area contributed by atoms with Crippen LogP contribution in [-0.2, 0) is 0 Å². The van der Waals surface area contributed by atoms with Gasteiger partial charge in [-0.05, 0) is 11.6 Å². The van der Waals surface area contributed by atoms with Crippen LogP contribution >= 0.6 is 0 Å². The highest BCUT2D eigenvalue weighted by molar-refractivity contribution is 6.86. The third-order valence-corrected chi connectivity index (χ3v) is 8.97. The molecule has 0 saturated carbocycles. The maximum atomic E-state index is 10.3. The molecule has 0 fully saturated rings. The molecule has 1 nitrogen and oxygen atoms in total. The third-order valence-electron chi connectivity index (χ3n) is 3.68. The maximum Gasteiger partial charge on any atom is 0.130 e. The van der Waals surface area contributed by atoms with Crippen molar-refractivity contribution in [3.63, 3.8) is 0 Å². The Hall–Kier alpha value is -1.02. The lowest BCUT2D eigenvalue weighted by atomic mass is 10.2. The van der Waals surface area contributed by atoms with E-state index in [9.17, 15) is 5.11 Å². The quantitative estimate of drug-likeness (QED) is 0.581. The summed E-state index contributed by atoms with van der Waals surface area (Å²) in [5, 5.41) is 11.0. The van der Waals surface area contributed by atoms with Gasteiger partial charge in [0.05, 0.1) is 5.38 Å². The molecule has 2 heteroatoms. The summed E-state index contributed by atoms with van der Waals surface area (Å²) in [7, 11) is -1.59. The van der Waals surface area contributed by atoms with E-state index in [0.717, 1.165) is 23.7 Å². The fourth-order valence-corrected chi connectivity index (χ4v) is 5.21. The average Bonchev–Trinajstić information content (AvgIpc) is 2.33. The number of aliphatic hydroxyl groups is 1. The van der Waals surface area contributed by atoms with Crippen LogP contribution in [0.15, 0.2) is 35.7 Å². The lowest BCUT2D eigenvalue weighted by Crippen LogP contribution is -2.34. The summed E-state index contributed by atoms with van der Waals surface area (Å²) in [4.78, 5) is 0. The minimum absolute atomic E-state index is 0.659. The van der Waals surface area contributed by atoms with E-state index in [0.29, 0.717) is 5.38 Å². The first-order chi connectivity index (χ1) is 7.68. The fraction of sp³-hybridized carbons (Fsp3) is 0.429. The van der Waals surface area contributed by atoms with E-state index in [-0.39, 0.29) is 0 Å². The second kappa shape index (κ2) is 5.90. The molecule has 0 aromatic heterocycles. The molecule has 0 atom stereocenters. The molecule has 0 spiro atoms. The molecule has 0 saturated heterocycles. The Morgan fingerprint density at radius 1 is 1.06 bits per heavy atom. The van der Waals surface area contributed by atoms with Gasteiger partial charge in [0, 0.05) is 0 Å². The summed E-state index contributed by atoms with van der Waals surface area (Å²) in [6.45, 7) is 6.61. The zero-order valence-electron chi connectivity index (χ0n) is 10.5. The van der Waals surface area contributed by atoms with Gasteiger partial charge in [-0.3, -0.25) is 0 Å². The van der Waals surface area contributed by atoms with Crippen LogP contribution in [0.25, 0.3) is 6.08 Å². The number of benzene rings is 1. The molecule has 0 unspecified atom stereocenters. The Bertz CT molecular complexity index is 331. The lowest BCUT2D eigenvalue weighted by molar-refractivity contribution is 0.446. The second-order valence-corrected chi connectivity index (χ2v) is 9.48. The van der Waals surface area contributed by atoms with Gasteiger partial charge in [0.15, 0.2) is 0 Å². The van der Waals surface area contributed by atoms with E-state index in [1.54, 1.807) is 0 Å². The number of hydrogen-bond donors (Lipinski definition) is 1. The monoisotopic (exact) mass is 234 g/mol. The van der Waals surface area contributed by atoms with Crippen molar-refractivity contribution in [3.8, 4) is 0 Å². The number of hydrogen-bond acceptors (Lipinski definition) is 1. The van der Waals surface area contributed by atoms with Crippen molar-refractivity contribution in [2.45, 2.75) is 38.9 Å². The molecule has 88 valence electrons. The highest BCUT2D eigenvalue weighted by Crippen LogP contribution is 2.28. The highest BCUT2D eigenvalue weighted by Gasteiger charge is 2.31. The zero-order valence-corrected chi connectivity index (χ0v) is 11.5. The smallest absolute Gasteiger partial charge is 0.130 e. The standard InChI is InChI=1S/C14H22OSi/c1-4-16(5-2,6-3)14(15)12-13-10-8-7-9-11-13/h7-12,15H,4-6H2,1-3H3/b14-12-. The highest BCUT2D eigenvalue weighted by atomic mass is 28.3. The van der Waals surface area contributed by atoms with Crippen molar-refractivity contribution in [1.82, 2.24) is 0 Å². The Morgan fingerprint density at radius 2 is 1.56 bits per heavy atom. The number of rotatable bonds is 5. The molecule has 0 amide bonds. The summed E-state index contributed by atoms with van der Waals surface area (Å²) >= 11 is 0. The normalized spacial score (nSPS) is 12.8. The molecule has 16 heavy (non-hydrogen) atoms. The summed E-state index contributed by atoms with van der Waals surface area (Å²) in [6.07, 6.45) is 1.96. The molecule has 1 aromatic rings. The van der Waals surface area contributed by atoms with Gasteiger partial charge >= 0.3 is 0 Å². The van der Waals surface area contributed by atoms with E-state index in [1.807, 2.05) is 36.4 Å². The van der Waals surface area contributed by atoms with Crippen molar-refractivity contribution in [3.05, 3.63) is 41.3 Å². The molecule has 0 aliphatic heterocycles. The van der Waals surface area contributed by atoms with Crippen LogP contribution in [0, 0.1) is 0 Å². The maximum absolute atomic E-state index is 10.3. The van der Waals surface area contributed by atoms with Gasteiger partial charge in [0.1, 0.15) is 8.07 Å². The summed E-state index contributed by atoms with van der Waals surface area (Å²) in [5.41, 5.74) is 1.10. The van der Waals surface area contributed by atoms with Crippen LogP contribution in [0.1, 0.15) is 26.3 Å². The van der Waals surface area contributed by atoms with Crippen molar-refractivity contribution in [2.75, 3.05) is 0 Å². The van der Waals surface area contributed by atoms with Crippen LogP contribution in [0.3, 0.4) is 0 Å². The molecule has 0 aliphatic carbocycles. The SMILES string of the molecule is CC[Si](CC)(CC)/C(O)=C\c1ccccc1. The summed E-state index contributed by atoms with van der Waals surface area (Å²) < 4.78 is 0. The Morgan fingerprint density at radius 3 is 2.00 bits per heavy atom. The van der Waals surface area contributed by atoms with E-state index < -0.39 is 8.07 Å². The van der Waals surface area contributed by atoms with Crippen molar-refractivity contribution < 1.29 is 5.11 Å². The Labute approximate surface area is 99.8 Å². The summed E-state index contributed by atoms with van der Waals surface area (Å²) in [6, 6.07) is 13.4. The van der Waals surface area contributed by atoms with E-state index in [4.69, 9.17) is 0 Å². The molecule has 1 rings (SSSR count). The molecule has 0 aliphatic rings. The van der Waals surface area contributed by atoms with Gasteiger partial charge in [-0.25, -0.2) is 0 Å². The van der Waals surface area contributed by atoms with E-state index >= 15 is 0 Å². The van der Waals surface area contributed by atoms with Crippen LogP contribution in [0.2, 0.25) is 18.1 Å². The topological polar surface area (TPSA) is 20.2 Å². The predicted molar refractivity (Wildman–Crippen MR) is 74.2 cm³/mol. The van der Waals surface area contributed by atoms with Gasteiger partial charge < -0.3 is 5.11 Å².